The highest BCUT2D eigenvalue weighted by Gasteiger charge is 2.08. The second-order valence-corrected chi connectivity index (χ2v) is 4.75. The molecular formula is C13H11N3OS. The first-order chi connectivity index (χ1) is 8.70. The Morgan fingerprint density at radius 1 is 1.56 bits per heavy atom. The largest absolute Gasteiger partial charge is 0.346 e. The summed E-state index contributed by atoms with van der Waals surface area (Å²) < 4.78 is 0. The first-order valence-electron chi connectivity index (χ1n) is 5.38. The Hall–Kier alpha value is -2.19. The van der Waals surface area contributed by atoms with E-state index in [1.165, 1.54) is 17.8 Å². The third-order valence-electron chi connectivity index (χ3n) is 2.50. The van der Waals surface area contributed by atoms with Gasteiger partial charge >= 0.3 is 0 Å². The summed E-state index contributed by atoms with van der Waals surface area (Å²) in [6.07, 6.45) is 1.46. The van der Waals surface area contributed by atoms with Gasteiger partial charge in [-0.05, 0) is 36.1 Å². The fourth-order valence-corrected chi connectivity index (χ4v) is 2.31. The molecule has 4 nitrogen and oxygen atoms in total. The Balaban J connectivity index is 2.04. The molecule has 0 saturated carbocycles. The Kier molecular flexibility index (Phi) is 3.70. The van der Waals surface area contributed by atoms with Crippen LogP contribution in [0.25, 0.3) is 0 Å². The fourth-order valence-electron chi connectivity index (χ4n) is 1.46. The van der Waals surface area contributed by atoms with Crippen molar-refractivity contribution in [1.82, 2.24) is 10.3 Å². The summed E-state index contributed by atoms with van der Waals surface area (Å²) in [5.41, 5.74) is 1.87. The highest BCUT2D eigenvalue weighted by Crippen LogP contribution is 2.15. The predicted molar refractivity (Wildman–Crippen MR) is 69.2 cm³/mol. The maximum atomic E-state index is 11.8. The first kappa shape index (κ1) is 12.3. The second kappa shape index (κ2) is 5.43. The number of hydrogen-bond donors (Lipinski definition) is 1. The molecule has 5 heteroatoms. The molecule has 0 saturated heterocycles. The predicted octanol–water partition coefficient (Wildman–Crippen LogP) is 2.25. The van der Waals surface area contributed by atoms with E-state index >= 15 is 0 Å². The molecule has 0 radical (unpaired) electrons. The van der Waals surface area contributed by atoms with E-state index in [2.05, 4.69) is 10.3 Å². The summed E-state index contributed by atoms with van der Waals surface area (Å²) in [6, 6.07) is 7.05. The summed E-state index contributed by atoms with van der Waals surface area (Å²) in [5.74, 6) is -0.264. The van der Waals surface area contributed by atoms with Gasteiger partial charge in [0.25, 0.3) is 5.91 Å². The van der Waals surface area contributed by atoms with Gasteiger partial charge in [-0.15, -0.1) is 11.3 Å². The Labute approximate surface area is 109 Å². The van der Waals surface area contributed by atoms with Crippen molar-refractivity contribution < 1.29 is 4.79 Å². The highest BCUT2D eigenvalue weighted by molar-refractivity contribution is 7.10. The smallest absolute Gasteiger partial charge is 0.270 e. The molecule has 0 aliphatic carbocycles. The SMILES string of the molecule is Cc1ccsc1CNC(=O)c1cc(C#N)ccn1. The van der Waals surface area contributed by atoms with Crippen LogP contribution in [-0.4, -0.2) is 10.9 Å². The van der Waals surface area contributed by atoms with Crippen LogP contribution in [0.1, 0.15) is 26.5 Å². The number of nitriles is 1. The lowest BCUT2D eigenvalue weighted by molar-refractivity contribution is 0.0946. The van der Waals surface area contributed by atoms with Gasteiger partial charge in [-0.3, -0.25) is 9.78 Å². The van der Waals surface area contributed by atoms with Crippen LogP contribution in [0, 0.1) is 18.3 Å². The summed E-state index contributed by atoms with van der Waals surface area (Å²) in [5, 5.41) is 13.5. The summed E-state index contributed by atoms with van der Waals surface area (Å²) in [6.45, 7) is 2.49. The van der Waals surface area contributed by atoms with Crippen molar-refractivity contribution in [3.63, 3.8) is 0 Å². The monoisotopic (exact) mass is 257 g/mol. The zero-order valence-electron chi connectivity index (χ0n) is 9.80. The van der Waals surface area contributed by atoms with E-state index in [1.807, 2.05) is 24.4 Å². The van der Waals surface area contributed by atoms with E-state index in [0.29, 0.717) is 12.1 Å². The number of rotatable bonds is 3. The third kappa shape index (κ3) is 2.73. The van der Waals surface area contributed by atoms with E-state index in [4.69, 9.17) is 5.26 Å². The lowest BCUT2D eigenvalue weighted by atomic mass is 10.2. The molecule has 2 aromatic heterocycles. The fraction of sp³-hybridized carbons (Fsp3) is 0.154. The molecule has 2 heterocycles. The molecule has 0 aliphatic rings. The van der Waals surface area contributed by atoms with Gasteiger partial charge in [0, 0.05) is 11.1 Å². The molecule has 0 bridgehead atoms. The maximum Gasteiger partial charge on any atom is 0.270 e. The molecule has 0 aliphatic heterocycles. The molecule has 0 atom stereocenters. The van der Waals surface area contributed by atoms with Crippen molar-refractivity contribution in [3.8, 4) is 6.07 Å². The van der Waals surface area contributed by atoms with Crippen molar-refractivity contribution in [2.24, 2.45) is 0 Å². The van der Waals surface area contributed by atoms with Gasteiger partial charge < -0.3 is 5.32 Å². The minimum atomic E-state index is -0.264. The number of amides is 1. The number of aryl methyl sites for hydroxylation is 1. The van der Waals surface area contributed by atoms with Crippen LogP contribution in [0.3, 0.4) is 0 Å². The lowest BCUT2D eigenvalue weighted by Gasteiger charge is -2.04. The molecule has 0 fully saturated rings. The number of thiophene rings is 1. The Morgan fingerprint density at radius 3 is 3.06 bits per heavy atom. The number of nitrogens with zero attached hydrogens (tertiary/aromatic N) is 2. The van der Waals surface area contributed by atoms with E-state index in [1.54, 1.807) is 17.4 Å². The third-order valence-corrected chi connectivity index (χ3v) is 3.52. The van der Waals surface area contributed by atoms with Crippen molar-refractivity contribution >= 4 is 17.2 Å². The van der Waals surface area contributed by atoms with Crippen molar-refractivity contribution in [3.05, 3.63) is 51.5 Å². The standard InChI is InChI=1S/C13H11N3OS/c1-9-3-5-18-12(9)8-16-13(17)11-6-10(7-14)2-4-15-11/h2-6H,8H2,1H3,(H,16,17). The molecule has 90 valence electrons. The maximum absolute atomic E-state index is 11.8. The van der Waals surface area contributed by atoms with E-state index in [-0.39, 0.29) is 11.6 Å². The zero-order valence-corrected chi connectivity index (χ0v) is 10.6. The number of pyridine rings is 1. The zero-order chi connectivity index (χ0) is 13.0. The summed E-state index contributed by atoms with van der Waals surface area (Å²) in [4.78, 5) is 16.9. The van der Waals surface area contributed by atoms with Crippen molar-refractivity contribution in [2.45, 2.75) is 13.5 Å². The number of carbonyl (C=O) groups is 1. The number of carbonyl (C=O) groups excluding carboxylic acids is 1. The molecule has 1 amide bonds. The Morgan fingerprint density at radius 2 is 2.39 bits per heavy atom. The van der Waals surface area contributed by atoms with Gasteiger partial charge in [0.2, 0.25) is 0 Å². The van der Waals surface area contributed by atoms with Crippen LogP contribution in [0.15, 0.2) is 29.8 Å². The van der Waals surface area contributed by atoms with Crippen LogP contribution in [-0.2, 0) is 6.54 Å². The van der Waals surface area contributed by atoms with Gasteiger partial charge in [-0.2, -0.15) is 5.26 Å². The average Bonchev–Trinajstić information content (AvgIpc) is 2.81. The molecule has 1 N–H and O–H groups in total. The first-order valence-corrected chi connectivity index (χ1v) is 6.26. The molecule has 18 heavy (non-hydrogen) atoms. The minimum Gasteiger partial charge on any atom is -0.346 e. The van der Waals surface area contributed by atoms with Crippen molar-refractivity contribution in [2.75, 3.05) is 0 Å². The van der Waals surface area contributed by atoms with Gasteiger partial charge in [0.05, 0.1) is 18.2 Å². The van der Waals surface area contributed by atoms with Crippen LogP contribution in [0.5, 0.6) is 0 Å². The van der Waals surface area contributed by atoms with Crippen LogP contribution in [0.4, 0.5) is 0 Å². The number of nitrogens with one attached hydrogen (secondary N) is 1. The minimum absolute atomic E-state index is 0.264. The average molecular weight is 257 g/mol. The Bertz CT molecular complexity index is 613. The van der Waals surface area contributed by atoms with Gasteiger partial charge in [0.1, 0.15) is 5.69 Å². The summed E-state index contributed by atoms with van der Waals surface area (Å²) in [7, 11) is 0. The van der Waals surface area contributed by atoms with Gasteiger partial charge in [-0.25, -0.2) is 0 Å². The molecule has 0 spiro atoms. The molecule has 0 unspecified atom stereocenters. The number of hydrogen-bond acceptors (Lipinski definition) is 4. The van der Waals surface area contributed by atoms with Crippen LogP contribution < -0.4 is 5.32 Å². The van der Waals surface area contributed by atoms with Gasteiger partial charge in [0.15, 0.2) is 0 Å². The van der Waals surface area contributed by atoms with E-state index in [9.17, 15) is 4.79 Å². The van der Waals surface area contributed by atoms with E-state index < -0.39 is 0 Å². The van der Waals surface area contributed by atoms with Gasteiger partial charge in [-0.1, -0.05) is 0 Å². The quantitative estimate of drug-likeness (QED) is 0.917. The van der Waals surface area contributed by atoms with Crippen LogP contribution >= 0.6 is 11.3 Å². The van der Waals surface area contributed by atoms with Crippen molar-refractivity contribution in [1.29, 1.82) is 5.26 Å². The summed E-state index contributed by atoms with van der Waals surface area (Å²) >= 11 is 1.61. The molecule has 2 aromatic rings. The molecular weight excluding hydrogens is 246 g/mol. The number of aromatic nitrogens is 1. The second-order valence-electron chi connectivity index (χ2n) is 3.75. The topological polar surface area (TPSA) is 65.8 Å². The van der Waals surface area contributed by atoms with E-state index in [0.717, 1.165) is 4.88 Å². The lowest BCUT2D eigenvalue weighted by Crippen LogP contribution is -2.23. The molecule has 0 aromatic carbocycles. The highest BCUT2D eigenvalue weighted by atomic mass is 32.1. The van der Waals surface area contributed by atoms with Crippen LogP contribution in [0.2, 0.25) is 0 Å². The normalized spacial score (nSPS) is 9.78. The molecule has 2 rings (SSSR count).